The van der Waals surface area contributed by atoms with Crippen molar-refractivity contribution in [2.24, 2.45) is 0 Å². The molecule has 1 unspecified atom stereocenters. The lowest BCUT2D eigenvalue weighted by Gasteiger charge is -2.25. The molecular weight excluding hydrogens is 236 g/mol. The standard InChI is InChI=1S/C15H20N4/c1-2-5-14-12-15(7-6-13(14)4-1)16-8-3-10-19-11-9-17-18-19/h1-2,4-5,9,11,15-16H,3,6-8,10,12H2. The smallest absolute Gasteiger partial charge is 0.0692 e. The maximum atomic E-state index is 3.97. The predicted octanol–water partition coefficient (Wildman–Crippen LogP) is 1.82. The fourth-order valence-corrected chi connectivity index (χ4v) is 2.77. The molecule has 3 rings (SSSR count). The number of hydrogen-bond donors (Lipinski definition) is 1. The van der Waals surface area contributed by atoms with Crippen LogP contribution in [0.5, 0.6) is 0 Å². The van der Waals surface area contributed by atoms with E-state index in [1.807, 2.05) is 10.9 Å². The first-order valence-corrected chi connectivity index (χ1v) is 7.06. The van der Waals surface area contributed by atoms with Gasteiger partial charge in [-0.2, -0.15) is 0 Å². The summed E-state index contributed by atoms with van der Waals surface area (Å²) in [7, 11) is 0. The molecule has 4 heteroatoms. The lowest BCUT2D eigenvalue weighted by Crippen LogP contribution is -2.35. The minimum absolute atomic E-state index is 0.630. The fraction of sp³-hybridized carbons (Fsp3) is 0.467. The molecule has 1 aromatic carbocycles. The van der Waals surface area contributed by atoms with Crippen molar-refractivity contribution in [2.75, 3.05) is 6.54 Å². The molecule has 0 fully saturated rings. The van der Waals surface area contributed by atoms with E-state index in [1.54, 1.807) is 6.20 Å². The van der Waals surface area contributed by atoms with Crippen molar-refractivity contribution < 1.29 is 0 Å². The molecule has 1 aliphatic carbocycles. The summed E-state index contributed by atoms with van der Waals surface area (Å²) < 4.78 is 1.89. The van der Waals surface area contributed by atoms with Gasteiger partial charge in [0.25, 0.3) is 0 Å². The minimum atomic E-state index is 0.630. The number of nitrogens with zero attached hydrogens (tertiary/aromatic N) is 3. The third-order valence-corrected chi connectivity index (χ3v) is 3.82. The lowest BCUT2D eigenvalue weighted by atomic mass is 9.88. The van der Waals surface area contributed by atoms with Crippen LogP contribution in [0.15, 0.2) is 36.7 Å². The van der Waals surface area contributed by atoms with Crippen LogP contribution in [0.2, 0.25) is 0 Å². The molecule has 100 valence electrons. The maximum absolute atomic E-state index is 3.97. The van der Waals surface area contributed by atoms with Crippen LogP contribution in [0.25, 0.3) is 0 Å². The third kappa shape index (κ3) is 3.20. The summed E-state index contributed by atoms with van der Waals surface area (Å²) in [4.78, 5) is 0. The second-order valence-electron chi connectivity index (χ2n) is 5.18. The summed E-state index contributed by atoms with van der Waals surface area (Å²) in [6.45, 7) is 1.99. The summed E-state index contributed by atoms with van der Waals surface area (Å²) in [6, 6.07) is 9.44. The van der Waals surface area contributed by atoms with Crippen LogP contribution in [0.3, 0.4) is 0 Å². The number of nitrogens with one attached hydrogen (secondary N) is 1. The van der Waals surface area contributed by atoms with Gasteiger partial charge in [-0.3, -0.25) is 4.68 Å². The van der Waals surface area contributed by atoms with Gasteiger partial charge in [-0.15, -0.1) is 5.10 Å². The number of fused-ring (bicyclic) bond motifs is 1. The Morgan fingerprint density at radius 3 is 3.00 bits per heavy atom. The first-order chi connectivity index (χ1) is 9.42. The molecule has 1 atom stereocenters. The van der Waals surface area contributed by atoms with E-state index in [4.69, 9.17) is 0 Å². The quantitative estimate of drug-likeness (QED) is 0.830. The Labute approximate surface area is 113 Å². The lowest BCUT2D eigenvalue weighted by molar-refractivity contribution is 0.437. The number of benzene rings is 1. The topological polar surface area (TPSA) is 42.7 Å². The van der Waals surface area contributed by atoms with Gasteiger partial charge in [0.05, 0.1) is 6.20 Å². The van der Waals surface area contributed by atoms with Crippen LogP contribution < -0.4 is 5.32 Å². The zero-order valence-corrected chi connectivity index (χ0v) is 11.1. The van der Waals surface area contributed by atoms with E-state index in [2.05, 4.69) is 39.9 Å². The Morgan fingerprint density at radius 1 is 1.26 bits per heavy atom. The highest BCUT2D eigenvalue weighted by Gasteiger charge is 2.17. The van der Waals surface area contributed by atoms with Crippen molar-refractivity contribution in [3.8, 4) is 0 Å². The number of rotatable bonds is 5. The van der Waals surface area contributed by atoms with E-state index >= 15 is 0 Å². The average molecular weight is 256 g/mol. The Balaban J connectivity index is 1.42. The summed E-state index contributed by atoms with van der Waals surface area (Å²) in [5, 5.41) is 11.4. The molecule has 19 heavy (non-hydrogen) atoms. The van der Waals surface area contributed by atoms with Crippen LogP contribution in [0.4, 0.5) is 0 Å². The van der Waals surface area contributed by atoms with Gasteiger partial charge < -0.3 is 5.32 Å². The van der Waals surface area contributed by atoms with Gasteiger partial charge in [0.2, 0.25) is 0 Å². The summed E-state index contributed by atoms with van der Waals surface area (Å²) in [6.07, 6.45) is 8.36. The van der Waals surface area contributed by atoms with Crippen LogP contribution in [-0.4, -0.2) is 27.6 Å². The SMILES string of the molecule is c1ccc2c(c1)CCC(NCCCn1ccnn1)C2. The largest absolute Gasteiger partial charge is 0.314 e. The zero-order chi connectivity index (χ0) is 12.9. The number of hydrogen-bond acceptors (Lipinski definition) is 3. The molecular formula is C15H20N4. The third-order valence-electron chi connectivity index (χ3n) is 3.82. The average Bonchev–Trinajstić information content (AvgIpc) is 2.97. The van der Waals surface area contributed by atoms with Gasteiger partial charge >= 0.3 is 0 Å². The van der Waals surface area contributed by atoms with Crippen molar-refractivity contribution in [3.05, 3.63) is 47.8 Å². The molecule has 0 spiro atoms. The monoisotopic (exact) mass is 256 g/mol. The van der Waals surface area contributed by atoms with Crippen LogP contribution in [0.1, 0.15) is 24.0 Å². The van der Waals surface area contributed by atoms with Gasteiger partial charge in [0, 0.05) is 18.8 Å². The predicted molar refractivity (Wildman–Crippen MR) is 74.9 cm³/mol. The van der Waals surface area contributed by atoms with Crippen molar-refractivity contribution in [3.63, 3.8) is 0 Å². The molecule has 1 aliphatic rings. The number of aryl methyl sites for hydroxylation is 2. The van der Waals surface area contributed by atoms with E-state index in [-0.39, 0.29) is 0 Å². The van der Waals surface area contributed by atoms with E-state index in [0.29, 0.717) is 6.04 Å². The van der Waals surface area contributed by atoms with E-state index < -0.39 is 0 Å². The van der Waals surface area contributed by atoms with Gasteiger partial charge in [0.15, 0.2) is 0 Å². The van der Waals surface area contributed by atoms with E-state index in [1.165, 1.54) is 30.4 Å². The van der Waals surface area contributed by atoms with Crippen LogP contribution in [-0.2, 0) is 19.4 Å². The molecule has 1 N–H and O–H groups in total. The highest BCUT2D eigenvalue weighted by molar-refractivity contribution is 5.30. The van der Waals surface area contributed by atoms with Crippen LogP contribution in [0, 0.1) is 0 Å². The minimum Gasteiger partial charge on any atom is -0.314 e. The second-order valence-corrected chi connectivity index (χ2v) is 5.18. The summed E-state index contributed by atoms with van der Waals surface area (Å²) in [5.74, 6) is 0. The van der Waals surface area contributed by atoms with Crippen molar-refractivity contribution >= 4 is 0 Å². The van der Waals surface area contributed by atoms with Crippen molar-refractivity contribution in [1.29, 1.82) is 0 Å². The normalized spacial score (nSPS) is 18.2. The van der Waals surface area contributed by atoms with Gasteiger partial charge in [-0.05, 0) is 43.4 Å². The Kier molecular flexibility index (Phi) is 3.89. The Morgan fingerprint density at radius 2 is 2.16 bits per heavy atom. The molecule has 2 aromatic rings. The Bertz CT molecular complexity index is 507. The van der Waals surface area contributed by atoms with Crippen LogP contribution >= 0.6 is 0 Å². The molecule has 0 amide bonds. The molecule has 0 saturated carbocycles. The van der Waals surface area contributed by atoms with E-state index in [0.717, 1.165) is 19.5 Å². The van der Waals surface area contributed by atoms with E-state index in [9.17, 15) is 0 Å². The first kappa shape index (κ1) is 12.4. The van der Waals surface area contributed by atoms with Crippen molar-refractivity contribution in [2.45, 2.75) is 38.3 Å². The summed E-state index contributed by atoms with van der Waals surface area (Å²) >= 11 is 0. The molecule has 1 aromatic heterocycles. The summed E-state index contributed by atoms with van der Waals surface area (Å²) in [5.41, 5.74) is 3.05. The molecule has 4 nitrogen and oxygen atoms in total. The van der Waals surface area contributed by atoms with Gasteiger partial charge in [0.1, 0.15) is 0 Å². The van der Waals surface area contributed by atoms with Gasteiger partial charge in [-0.25, -0.2) is 0 Å². The molecule has 0 saturated heterocycles. The highest BCUT2D eigenvalue weighted by Crippen LogP contribution is 2.20. The highest BCUT2D eigenvalue weighted by atomic mass is 15.4. The van der Waals surface area contributed by atoms with Crippen molar-refractivity contribution in [1.82, 2.24) is 20.3 Å². The second kappa shape index (κ2) is 5.97. The van der Waals surface area contributed by atoms with Gasteiger partial charge in [-0.1, -0.05) is 29.5 Å². The molecule has 1 heterocycles. The first-order valence-electron chi connectivity index (χ1n) is 7.06. The number of aromatic nitrogens is 3. The fourth-order valence-electron chi connectivity index (χ4n) is 2.77. The molecule has 0 aliphatic heterocycles. The molecule has 0 bridgehead atoms. The molecule has 0 radical (unpaired) electrons. The maximum Gasteiger partial charge on any atom is 0.0692 e. The zero-order valence-electron chi connectivity index (χ0n) is 11.1. The Hall–Kier alpha value is -1.68.